The minimum absolute atomic E-state index is 0. The number of phenols is 6. The maximum absolute atomic E-state index is 9.55. The second-order valence-electron chi connectivity index (χ2n) is 4.23. The van der Waals surface area contributed by atoms with Gasteiger partial charge in [0.2, 0.25) is 11.5 Å². The molecule has 0 atom stereocenters. The molecule has 2 aromatic carbocycles. The van der Waals surface area contributed by atoms with E-state index in [0.29, 0.717) is 0 Å². The Morgan fingerprint density at radius 1 is 0.565 bits per heavy atom. The fraction of sp³-hybridized carbons (Fsp3) is 0. The Bertz CT molecular complexity index is 711. The van der Waals surface area contributed by atoms with E-state index < -0.39 is 34.5 Å². The Labute approximate surface area is 136 Å². The summed E-state index contributed by atoms with van der Waals surface area (Å²) in [5, 5.41) is 63.3. The summed E-state index contributed by atoms with van der Waals surface area (Å²) in [7, 11) is 0. The molecule has 8 nitrogen and oxygen atoms in total. The van der Waals surface area contributed by atoms with Crippen molar-refractivity contribution in [3.63, 3.8) is 0 Å². The quantitative estimate of drug-likeness (QED) is 0.285. The number of hydrogen-bond acceptors (Lipinski definition) is 8. The summed E-state index contributed by atoms with van der Waals surface area (Å²) in [5.41, 5.74) is 0.232. The van der Waals surface area contributed by atoms with Gasteiger partial charge < -0.3 is 30.6 Å². The summed E-state index contributed by atoms with van der Waals surface area (Å²) < 4.78 is 0. The predicted molar refractivity (Wildman–Crippen MR) is 85.3 cm³/mol. The third-order valence-corrected chi connectivity index (χ3v) is 2.78. The Morgan fingerprint density at radius 3 is 1.26 bits per heavy atom. The van der Waals surface area contributed by atoms with Crippen LogP contribution >= 0.6 is 12.4 Å². The maximum atomic E-state index is 9.55. The van der Waals surface area contributed by atoms with Gasteiger partial charge >= 0.3 is 0 Å². The zero-order chi connectivity index (χ0) is 16.3. The van der Waals surface area contributed by atoms with E-state index in [-0.39, 0.29) is 23.5 Å². The molecule has 122 valence electrons. The Balaban J connectivity index is 0.00000264. The van der Waals surface area contributed by atoms with Crippen LogP contribution in [-0.4, -0.2) is 43.1 Å². The molecular weight excluding hydrogens is 328 g/mol. The maximum Gasteiger partial charge on any atom is 0.200 e. The standard InChI is InChI=1S/C14H12N2O6.ClH/c17-9-3-1-7(11(19)13(9)21)5-15-16-6-8-2-4-10(18)14(22)12(8)20;/h1-6,17-22H;1H/b15-5+,16-6+;. The molecular formula is C14H13ClN2O6. The Hall–Kier alpha value is -3.13. The highest BCUT2D eigenvalue weighted by Crippen LogP contribution is 2.37. The molecule has 0 aliphatic rings. The summed E-state index contributed by atoms with van der Waals surface area (Å²) in [6, 6.07) is 4.97. The van der Waals surface area contributed by atoms with Gasteiger partial charge in [0.15, 0.2) is 23.0 Å². The minimum atomic E-state index is -0.672. The molecule has 0 saturated heterocycles. The van der Waals surface area contributed by atoms with Crippen molar-refractivity contribution in [3.05, 3.63) is 35.4 Å². The smallest absolute Gasteiger partial charge is 0.200 e. The third-order valence-electron chi connectivity index (χ3n) is 2.78. The number of halogens is 1. The lowest BCUT2D eigenvalue weighted by Gasteiger charge is -2.03. The van der Waals surface area contributed by atoms with Crippen LogP contribution in [0.2, 0.25) is 0 Å². The molecule has 23 heavy (non-hydrogen) atoms. The highest BCUT2D eigenvalue weighted by molar-refractivity contribution is 5.88. The van der Waals surface area contributed by atoms with E-state index >= 15 is 0 Å². The van der Waals surface area contributed by atoms with Gasteiger partial charge in [-0.3, -0.25) is 0 Å². The van der Waals surface area contributed by atoms with Crippen LogP contribution < -0.4 is 0 Å². The first-order valence-corrected chi connectivity index (χ1v) is 5.96. The summed E-state index contributed by atoms with van der Waals surface area (Å²) in [6.45, 7) is 0. The number of benzene rings is 2. The van der Waals surface area contributed by atoms with E-state index in [4.69, 9.17) is 10.2 Å². The number of aromatic hydroxyl groups is 6. The lowest BCUT2D eigenvalue weighted by atomic mass is 10.2. The highest BCUT2D eigenvalue weighted by atomic mass is 35.5. The first-order valence-electron chi connectivity index (χ1n) is 5.96. The highest BCUT2D eigenvalue weighted by Gasteiger charge is 2.10. The van der Waals surface area contributed by atoms with Crippen LogP contribution in [0.15, 0.2) is 34.5 Å². The Kier molecular flexibility index (Phi) is 5.63. The molecule has 0 saturated carbocycles. The van der Waals surface area contributed by atoms with Crippen molar-refractivity contribution in [2.24, 2.45) is 10.2 Å². The van der Waals surface area contributed by atoms with Crippen molar-refractivity contribution in [2.75, 3.05) is 0 Å². The van der Waals surface area contributed by atoms with Crippen molar-refractivity contribution < 1.29 is 30.6 Å². The SMILES string of the molecule is Cl.Oc1ccc(/C=N/N=C/c2ccc(O)c(O)c2O)c(O)c1O. The molecule has 0 aliphatic carbocycles. The van der Waals surface area contributed by atoms with Crippen LogP contribution in [0, 0.1) is 0 Å². The second-order valence-corrected chi connectivity index (χ2v) is 4.23. The van der Waals surface area contributed by atoms with Crippen LogP contribution in [0.1, 0.15) is 11.1 Å². The van der Waals surface area contributed by atoms with Crippen molar-refractivity contribution in [2.45, 2.75) is 0 Å². The van der Waals surface area contributed by atoms with Gasteiger partial charge in [-0.25, -0.2) is 0 Å². The normalized spacial score (nSPS) is 11.0. The van der Waals surface area contributed by atoms with Crippen LogP contribution in [0.25, 0.3) is 0 Å². The molecule has 2 rings (SSSR count). The van der Waals surface area contributed by atoms with Gasteiger partial charge in [0.25, 0.3) is 0 Å². The summed E-state index contributed by atoms with van der Waals surface area (Å²) in [6.07, 6.45) is 2.23. The number of rotatable bonds is 3. The van der Waals surface area contributed by atoms with Gasteiger partial charge in [-0.15, -0.1) is 12.4 Å². The first kappa shape index (κ1) is 17.9. The molecule has 2 aromatic rings. The summed E-state index contributed by atoms with van der Waals surface area (Å²) >= 11 is 0. The molecule has 6 N–H and O–H groups in total. The molecule has 9 heteroatoms. The van der Waals surface area contributed by atoms with Gasteiger partial charge in [-0.2, -0.15) is 10.2 Å². The van der Waals surface area contributed by atoms with Crippen molar-refractivity contribution in [1.82, 2.24) is 0 Å². The third kappa shape index (κ3) is 3.74. The van der Waals surface area contributed by atoms with Crippen LogP contribution in [0.5, 0.6) is 34.5 Å². The van der Waals surface area contributed by atoms with Crippen molar-refractivity contribution in [3.8, 4) is 34.5 Å². The predicted octanol–water partition coefficient (Wildman–Crippen LogP) is 1.80. The van der Waals surface area contributed by atoms with Crippen LogP contribution in [-0.2, 0) is 0 Å². The van der Waals surface area contributed by atoms with E-state index in [0.717, 1.165) is 12.4 Å². The van der Waals surface area contributed by atoms with E-state index in [2.05, 4.69) is 10.2 Å². The first-order chi connectivity index (χ1) is 10.4. The molecule has 0 aromatic heterocycles. The average molecular weight is 341 g/mol. The fourth-order valence-corrected chi connectivity index (χ4v) is 1.57. The molecule has 0 spiro atoms. The van der Waals surface area contributed by atoms with E-state index in [1.165, 1.54) is 24.3 Å². The molecule has 0 aliphatic heterocycles. The zero-order valence-corrected chi connectivity index (χ0v) is 12.3. The molecule has 0 amide bonds. The number of hydrogen-bond donors (Lipinski definition) is 6. The lowest BCUT2D eigenvalue weighted by molar-refractivity contribution is 0.367. The molecule has 0 unspecified atom stereocenters. The van der Waals surface area contributed by atoms with Crippen LogP contribution in [0.4, 0.5) is 0 Å². The van der Waals surface area contributed by atoms with Gasteiger partial charge in [0.05, 0.1) is 12.4 Å². The number of phenolic OH excluding ortho intramolecular Hbond substituents is 6. The van der Waals surface area contributed by atoms with Crippen molar-refractivity contribution >= 4 is 24.8 Å². The van der Waals surface area contributed by atoms with Crippen molar-refractivity contribution in [1.29, 1.82) is 0 Å². The molecule has 0 fully saturated rings. The lowest BCUT2D eigenvalue weighted by Crippen LogP contribution is -1.85. The topological polar surface area (TPSA) is 146 Å². The summed E-state index contributed by atoms with van der Waals surface area (Å²) in [5.74, 6) is -3.39. The van der Waals surface area contributed by atoms with Gasteiger partial charge in [-0.05, 0) is 24.3 Å². The summed E-state index contributed by atoms with van der Waals surface area (Å²) in [4.78, 5) is 0. The molecule has 0 bridgehead atoms. The van der Waals surface area contributed by atoms with Gasteiger partial charge in [0, 0.05) is 11.1 Å². The zero-order valence-electron chi connectivity index (χ0n) is 11.5. The van der Waals surface area contributed by atoms with E-state index in [1.54, 1.807) is 0 Å². The van der Waals surface area contributed by atoms with E-state index in [9.17, 15) is 20.4 Å². The van der Waals surface area contributed by atoms with Gasteiger partial charge in [-0.1, -0.05) is 0 Å². The fourth-order valence-electron chi connectivity index (χ4n) is 1.57. The monoisotopic (exact) mass is 340 g/mol. The Morgan fingerprint density at radius 2 is 0.913 bits per heavy atom. The second kappa shape index (κ2) is 7.23. The van der Waals surface area contributed by atoms with E-state index in [1.807, 2.05) is 0 Å². The average Bonchev–Trinajstić information content (AvgIpc) is 2.50. The van der Waals surface area contributed by atoms with Crippen LogP contribution in [0.3, 0.4) is 0 Å². The molecule has 0 heterocycles. The number of nitrogens with zero attached hydrogens (tertiary/aromatic N) is 2. The minimum Gasteiger partial charge on any atom is -0.504 e. The molecule has 0 radical (unpaired) electrons. The van der Waals surface area contributed by atoms with Gasteiger partial charge in [0.1, 0.15) is 0 Å². The largest absolute Gasteiger partial charge is 0.504 e.